The Labute approximate surface area is 191 Å². The van der Waals surface area contributed by atoms with Gasteiger partial charge < -0.3 is 20.3 Å². The number of nitrogens with zero attached hydrogens (tertiary/aromatic N) is 3. The lowest BCUT2D eigenvalue weighted by molar-refractivity contribution is 0.267. The van der Waals surface area contributed by atoms with Gasteiger partial charge in [0.25, 0.3) is 0 Å². The van der Waals surface area contributed by atoms with E-state index < -0.39 is 0 Å². The second-order valence-corrected chi connectivity index (χ2v) is 7.71. The van der Waals surface area contributed by atoms with E-state index in [4.69, 9.17) is 16.3 Å². The molecule has 0 radical (unpaired) electrons. The molecule has 2 N–H and O–H groups in total. The lowest BCUT2D eigenvalue weighted by Crippen LogP contribution is -2.48. The molecule has 0 aliphatic carbocycles. The second kappa shape index (κ2) is 11.3. The summed E-state index contributed by atoms with van der Waals surface area (Å²) < 4.78 is 5.50. The summed E-state index contributed by atoms with van der Waals surface area (Å²) in [4.78, 5) is 9.29. The molecule has 2 aliphatic heterocycles. The number of halogens is 2. The van der Waals surface area contributed by atoms with Crippen molar-refractivity contribution in [2.75, 3.05) is 51.8 Å². The van der Waals surface area contributed by atoms with Crippen LogP contribution < -0.4 is 20.3 Å². The van der Waals surface area contributed by atoms with Crippen LogP contribution in [0.1, 0.15) is 26.2 Å². The number of likely N-dealkylation sites (N-methyl/N-ethyl adjacent to an activating group) is 1. The zero-order valence-electron chi connectivity index (χ0n) is 17.1. The molecule has 0 bridgehead atoms. The lowest BCUT2D eigenvalue weighted by atomic mass is 10.2. The van der Waals surface area contributed by atoms with E-state index in [0.29, 0.717) is 12.1 Å². The first-order valence-corrected chi connectivity index (χ1v) is 10.3. The highest BCUT2D eigenvalue weighted by Gasteiger charge is 2.27. The minimum absolute atomic E-state index is 0. The number of likely N-dealkylation sites (tertiary alicyclic amines) is 1. The van der Waals surface area contributed by atoms with Crippen LogP contribution in [0.25, 0.3) is 0 Å². The van der Waals surface area contributed by atoms with Crippen molar-refractivity contribution in [3.05, 3.63) is 23.2 Å². The largest absolute Gasteiger partial charge is 0.495 e. The Hall–Kier alpha value is -0.930. The molecule has 2 fully saturated rings. The van der Waals surface area contributed by atoms with Crippen LogP contribution in [-0.4, -0.2) is 69.8 Å². The monoisotopic (exact) mass is 521 g/mol. The van der Waals surface area contributed by atoms with Crippen molar-refractivity contribution in [2.24, 2.45) is 4.99 Å². The van der Waals surface area contributed by atoms with E-state index in [1.54, 1.807) is 7.11 Å². The molecular formula is C20H33ClIN5O. The topological polar surface area (TPSA) is 52.1 Å². The summed E-state index contributed by atoms with van der Waals surface area (Å²) in [5.41, 5.74) is 1.06. The molecular weight excluding hydrogens is 489 g/mol. The van der Waals surface area contributed by atoms with E-state index in [2.05, 4.69) is 32.3 Å². The SMILES string of the molecule is CCN1CCCC1CNC(=NC)NC1CCN(c2cc(Cl)ccc2OC)C1.I. The molecule has 0 amide bonds. The Bertz CT molecular complexity index is 659. The van der Waals surface area contributed by atoms with Crippen LogP contribution in [0.15, 0.2) is 23.2 Å². The molecule has 0 aromatic heterocycles. The normalized spacial score (nSPS) is 22.9. The number of benzene rings is 1. The van der Waals surface area contributed by atoms with Crippen molar-refractivity contribution in [3.63, 3.8) is 0 Å². The molecule has 0 spiro atoms. The first kappa shape index (κ1) is 23.3. The van der Waals surface area contributed by atoms with Crippen molar-refractivity contribution in [2.45, 2.75) is 38.3 Å². The summed E-state index contributed by atoms with van der Waals surface area (Å²) in [6, 6.07) is 6.74. The Morgan fingerprint density at radius 3 is 2.86 bits per heavy atom. The summed E-state index contributed by atoms with van der Waals surface area (Å²) >= 11 is 6.19. The number of guanidine groups is 1. The number of methoxy groups -OCH3 is 1. The highest BCUT2D eigenvalue weighted by Crippen LogP contribution is 2.33. The van der Waals surface area contributed by atoms with E-state index in [1.165, 1.54) is 19.4 Å². The standard InChI is InChI=1S/C20H32ClN5O.HI/c1-4-25-10-5-6-17(25)13-23-20(22-2)24-16-9-11-26(14-16)18-12-15(21)7-8-19(18)27-3;/h7-8,12,16-17H,4-6,9-11,13-14H2,1-3H3,(H2,22,23,24);1H. The number of nitrogens with one attached hydrogen (secondary N) is 2. The Balaban J connectivity index is 0.00000280. The first-order chi connectivity index (χ1) is 13.1. The molecule has 2 saturated heterocycles. The first-order valence-electron chi connectivity index (χ1n) is 9.94. The Morgan fingerprint density at radius 1 is 1.32 bits per heavy atom. The zero-order valence-corrected chi connectivity index (χ0v) is 20.2. The van der Waals surface area contributed by atoms with Crippen molar-refractivity contribution in [3.8, 4) is 5.75 Å². The fourth-order valence-electron chi connectivity index (χ4n) is 4.15. The van der Waals surface area contributed by atoms with Crippen molar-refractivity contribution in [1.29, 1.82) is 0 Å². The van der Waals surface area contributed by atoms with Gasteiger partial charge in [-0.15, -0.1) is 24.0 Å². The summed E-state index contributed by atoms with van der Waals surface area (Å²) in [6.07, 6.45) is 3.62. The number of ether oxygens (including phenoxy) is 1. The van der Waals surface area contributed by atoms with Gasteiger partial charge in [-0.1, -0.05) is 18.5 Å². The summed E-state index contributed by atoms with van der Waals surface area (Å²) in [6.45, 7) is 7.40. The van der Waals surface area contributed by atoms with Gasteiger partial charge in [-0.25, -0.2) is 0 Å². The van der Waals surface area contributed by atoms with Crippen LogP contribution >= 0.6 is 35.6 Å². The molecule has 2 aliphatic rings. The average molecular weight is 522 g/mol. The van der Waals surface area contributed by atoms with E-state index in [1.807, 2.05) is 25.2 Å². The van der Waals surface area contributed by atoms with Crippen LogP contribution in [0.2, 0.25) is 5.02 Å². The third-order valence-corrected chi connectivity index (χ3v) is 5.88. The molecule has 1 aromatic carbocycles. The van der Waals surface area contributed by atoms with Gasteiger partial charge in [0.1, 0.15) is 5.75 Å². The molecule has 8 heteroatoms. The van der Waals surface area contributed by atoms with Crippen LogP contribution in [-0.2, 0) is 0 Å². The number of rotatable bonds is 6. The molecule has 1 aromatic rings. The van der Waals surface area contributed by atoms with Crippen LogP contribution in [0.5, 0.6) is 5.75 Å². The molecule has 2 unspecified atom stereocenters. The van der Waals surface area contributed by atoms with Crippen molar-refractivity contribution >= 4 is 47.2 Å². The molecule has 158 valence electrons. The third-order valence-electron chi connectivity index (χ3n) is 5.64. The number of hydrogen-bond donors (Lipinski definition) is 2. The second-order valence-electron chi connectivity index (χ2n) is 7.27. The van der Waals surface area contributed by atoms with Crippen molar-refractivity contribution < 1.29 is 4.74 Å². The number of anilines is 1. The maximum absolute atomic E-state index is 6.19. The molecule has 6 nitrogen and oxygen atoms in total. The van der Waals surface area contributed by atoms with Crippen molar-refractivity contribution in [1.82, 2.24) is 15.5 Å². The molecule has 3 rings (SSSR count). The summed E-state index contributed by atoms with van der Waals surface area (Å²) in [7, 11) is 3.54. The molecule has 2 atom stereocenters. The maximum Gasteiger partial charge on any atom is 0.191 e. The van der Waals surface area contributed by atoms with Crippen LogP contribution in [0, 0.1) is 0 Å². The van der Waals surface area contributed by atoms with Gasteiger partial charge in [0.2, 0.25) is 0 Å². The predicted molar refractivity (Wildman–Crippen MR) is 129 cm³/mol. The lowest BCUT2D eigenvalue weighted by Gasteiger charge is -2.25. The van der Waals surface area contributed by atoms with Crippen LogP contribution in [0.4, 0.5) is 5.69 Å². The molecule has 28 heavy (non-hydrogen) atoms. The van der Waals surface area contributed by atoms with Gasteiger partial charge in [-0.05, 0) is 50.6 Å². The van der Waals surface area contributed by atoms with Gasteiger partial charge in [0, 0.05) is 43.8 Å². The summed E-state index contributed by atoms with van der Waals surface area (Å²) in [5.74, 6) is 1.76. The number of aliphatic imine (C=N–C) groups is 1. The minimum atomic E-state index is 0. The quantitative estimate of drug-likeness (QED) is 0.342. The van der Waals surface area contributed by atoms with E-state index >= 15 is 0 Å². The zero-order chi connectivity index (χ0) is 19.2. The fourth-order valence-corrected chi connectivity index (χ4v) is 4.32. The highest BCUT2D eigenvalue weighted by molar-refractivity contribution is 14.0. The third kappa shape index (κ3) is 5.79. The maximum atomic E-state index is 6.19. The van der Waals surface area contributed by atoms with Gasteiger partial charge in [-0.3, -0.25) is 9.89 Å². The van der Waals surface area contributed by atoms with Crippen LogP contribution in [0.3, 0.4) is 0 Å². The van der Waals surface area contributed by atoms with Gasteiger partial charge in [-0.2, -0.15) is 0 Å². The smallest absolute Gasteiger partial charge is 0.191 e. The van der Waals surface area contributed by atoms with Gasteiger partial charge in [0.05, 0.1) is 12.8 Å². The predicted octanol–water partition coefficient (Wildman–Crippen LogP) is 3.19. The van der Waals surface area contributed by atoms with E-state index in [0.717, 1.165) is 55.0 Å². The average Bonchev–Trinajstić information content (AvgIpc) is 3.34. The highest BCUT2D eigenvalue weighted by atomic mass is 127. The minimum Gasteiger partial charge on any atom is -0.495 e. The fraction of sp³-hybridized carbons (Fsp3) is 0.650. The number of hydrogen-bond acceptors (Lipinski definition) is 4. The Morgan fingerprint density at radius 2 is 2.14 bits per heavy atom. The van der Waals surface area contributed by atoms with Gasteiger partial charge >= 0.3 is 0 Å². The Kier molecular flexibility index (Phi) is 9.43. The molecule has 0 saturated carbocycles. The summed E-state index contributed by atoms with van der Waals surface area (Å²) in [5, 5.41) is 7.83. The van der Waals surface area contributed by atoms with E-state index in [-0.39, 0.29) is 24.0 Å². The van der Waals surface area contributed by atoms with Gasteiger partial charge in [0.15, 0.2) is 5.96 Å². The van der Waals surface area contributed by atoms with E-state index in [9.17, 15) is 0 Å². The molecule has 2 heterocycles.